The normalized spacial score (nSPS) is 12.2. The topological polar surface area (TPSA) is 0 Å². The van der Waals surface area contributed by atoms with Gasteiger partial charge in [0, 0.05) is 0 Å². The lowest BCUT2D eigenvalue weighted by Crippen LogP contribution is -2.30. The molecule has 0 heterocycles. The van der Waals surface area contributed by atoms with Crippen molar-refractivity contribution in [2.75, 3.05) is 0 Å². The number of hydrogen-bond acceptors (Lipinski definition) is 0. The maximum absolute atomic E-state index is 3.87. The Labute approximate surface area is 178 Å². The molecule has 0 saturated carbocycles. The van der Waals surface area contributed by atoms with Gasteiger partial charge in [-0.25, -0.2) is 0 Å². The first-order chi connectivity index (χ1) is 14.1. The van der Waals surface area contributed by atoms with Gasteiger partial charge in [-0.2, -0.15) is 0 Å². The molecule has 0 aliphatic heterocycles. The van der Waals surface area contributed by atoms with Crippen molar-refractivity contribution in [3.63, 3.8) is 0 Å². The van der Waals surface area contributed by atoms with Crippen molar-refractivity contribution in [2.45, 2.75) is 13.8 Å². The van der Waals surface area contributed by atoms with E-state index in [1.165, 1.54) is 21.9 Å². The first kappa shape index (κ1) is 22.4. The second-order valence-electron chi connectivity index (χ2n) is 6.69. The molecule has 0 fully saturated rings. The van der Waals surface area contributed by atoms with E-state index < -0.39 is 0 Å². The highest BCUT2D eigenvalue weighted by Gasteiger charge is 2.03. The quantitative estimate of drug-likeness (QED) is 0.444. The molecule has 0 aliphatic rings. The second kappa shape index (κ2) is 12.5. The van der Waals surface area contributed by atoms with Crippen LogP contribution in [-0.2, 0) is 0 Å². The molecule has 139 valence electrons. The lowest BCUT2D eigenvalue weighted by molar-refractivity contribution is 1.64. The van der Waals surface area contributed by atoms with Crippen LogP contribution in [0.15, 0.2) is 121 Å². The smallest absolute Gasteiger partial charge is 0.106 e. The van der Waals surface area contributed by atoms with Crippen LogP contribution in [0.3, 0.4) is 0 Å². The predicted molar refractivity (Wildman–Crippen MR) is 135 cm³/mol. The molecule has 0 bridgehead atoms. The van der Waals surface area contributed by atoms with E-state index >= 15 is 0 Å². The standard InChI is InChI=1S/C26H26B3/c1-5-8-10-11-21(4)27-23-13-15-25(16-14-23)29-26-19-17-24(18-20-26)28-22(7-3)12-9-6-2/h5-20H,1,3H2,2,4H3/b9-6-,10-8-,21-11+,22-12+. The molecular formula is C26H26B3. The van der Waals surface area contributed by atoms with Crippen LogP contribution in [0.5, 0.6) is 0 Å². The fraction of sp³-hybridized carbons (Fsp3) is 0.0769. The van der Waals surface area contributed by atoms with E-state index in [1.54, 1.807) is 6.08 Å². The Morgan fingerprint density at radius 3 is 1.79 bits per heavy atom. The summed E-state index contributed by atoms with van der Waals surface area (Å²) in [6, 6.07) is 17.1. The fourth-order valence-electron chi connectivity index (χ4n) is 2.74. The van der Waals surface area contributed by atoms with Crippen LogP contribution in [0.4, 0.5) is 0 Å². The Balaban J connectivity index is 1.96. The van der Waals surface area contributed by atoms with Crippen molar-refractivity contribution in [2.24, 2.45) is 0 Å². The summed E-state index contributed by atoms with van der Waals surface area (Å²) in [5, 5.41) is 0. The van der Waals surface area contributed by atoms with Gasteiger partial charge in [0.05, 0.1) is 0 Å². The Morgan fingerprint density at radius 2 is 1.28 bits per heavy atom. The first-order valence-electron chi connectivity index (χ1n) is 9.80. The van der Waals surface area contributed by atoms with Gasteiger partial charge in [-0.15, -0.1) is 5.47 Å². The molecule has 0 aliphatic carbocycles. The molecule has 3 heteroatoms. The third-order valence-corrected chi connectivity index (χ3v) is 4.26. The SMILES string of the molecule is C=C/C=C\C=C(/C)[B]c1ccc([B]c2ccc([B]/C(C=C)=C/C=C\C)cc2)cc1. The van der Waals surface area contributed by atoms with E-state index in [1.807, 2.05) is 37.3 Å². The van der Waals surface area contributed by atoms with Crippen molar-refractivity contribution < 1.29 is 0 Å². The molecule has 0 aromatic heterocycles. The Morgan fingerprint density at radius 1 is 0.724 bits per heavy atom. The summed E-state index contributed by atoms with van der Waals surface area (Å²) < 4.78 is 0. The minimum Gasteiger partial charge on any atom is -0.106 e. The maximum atomic E-state index is 3.87. The second-order valence-corrected chi connectivity index (χ2v) is 6.69. The van der Waals surface area contributed by atoms with Gasteiger partial charge in [-0.3, -0.25) is 0 Å². The van der Waals surface area contributed by atoms with Crippen LogP contribution in [-0.4, -0.2) is 21.8 Å². The number of hydrogen-bond donors (Lipinski definition) is 0. The van der Waals surface area contributed by atoms with Crippen LogP contribution in [0, 0.1) is 0 Å². The van der Waals surface area contributed by atoms with Crippen molar-refractivity contribution in [1.29, 1.82) is 0 Å². The van der Waals surface area contributed by atoms with E-state index in [0.717, 1.165) is 10.9 Å². The zero-order valence-electron chi connectivity index (χ0n) is 17.4. The van der Waals surface area contributed by atoms with E-state index in [0.29, 0.717) is 0 Å². The molecule has 29 heavy (non-hydrogen) atoms. The lowest BCUT2D eigenvalue weighted by Gasteiger charge is -2.05. The number of benzene rings is 2. The Kier molecular flexibility index (Phi) is 9.65. The third-order valence-electron chi connectivity index (χ3n) is 4.26. The Hall–Kier alpha value is -2.93. The maximum Gasteiger partial charge on any atom is 0.191 e. The molecule has 0 N–H and O–H groups in total. The third kappa shape index (κ3) is 8.31. The van der Waals surface area contributed by atoms with Gasteiger partial charge in [0.2, 0.25) is 0 Å². The molecule has 0 spiro atoms. The van der Waals surface area contributed by atoms with Crippen LogP contribution < -0.4 is 21.9 Å². The summed E-state index contributed by atoms with van der Waals surface area (Å²) in [6.45, 7) is 11.7. The summed E-state index contributed by atoms with van der Waals surface area (Å²) in [5.74, 6) is 0. The molecular weight excluding hydrogens is 345 g/mol. The van der Waals surface area contributed by atoms with Crippen LogP contribution in [0.25, 0.3) is 0 Å². The summed E-state index contributed by atoms with van der Waals surface area (Å²) in [6.07, 6.45) is 15.7. The highest BCUT2D eigenvalue weighted by Crippen LogP contribution is 1.95. The van der Waals surface area contributed by atoms with Gasteiger partial charge in [0.15, 0.2) is 21.8 Å². The monoisotopic (exact) mass is 371 g/mol. The van der Waals surface area contributed by atoms with Gasteiger partial charge in [-0.1, -0.05) is 145 Å². The highest BCUT2D eigenvalue weighted by atomic mass is 13.9. The average molecular weight is 371 g/mol. The minimum absolute atomic E-state index is 1.09. The first-order valence-corrected chi connectivity index (χ1v) is 9.80. The fourth-order valence-corrected chi connectivity index (χ4v) is 2.74. The molecule has 0 amide bonds. The molecule has 0 unspecified atom stereocenters. The zero-order valence-corrected chi connectivity index (χ0v) is 17.4. The summed E-state index contributed by atoms with van der Waals surface area (Å²) >= 11 is 0. The lowest BCUT2D eigenvalue weighted by atomic mass is 9.59. The van der Waals surface area contributed by atoms with Gasteiger partial charge < -0.3 is 0 Å². The molecule has 2 aromatic rings. The van der Waals surface area contributed by atoms with Crippen molar-refractivity contribution in [3.05, 3.63) is 121 Å². The van der Waals surface area contributed by atoms with Crippen molar-refractivity contribution in [1.82, 2.24) is 0 Å². The van der Waals surface area contributed by atoms with Gasteiger partial charge in [0.25, 0.3) is 0 Å². The number of allylic oxidation sites excluding steroid dienone is 10. The molecule has 2 rings (SSSR count). The molecule has 0 saturated heterocycles. The molecule has 2 aromatic carbocycles. The highest BCUT2D eigenvalue weighted by molar-refractivity contribution is 6.68. The molecule has 3 radical (unpaired) electrons. The van der Waals surface area contributed by atoms with Crippen LogP contribution >= 0.6 is 0 Å². The van der Waals surface area contributed by atoms with Gasteiger partial charge in [0.1, 0.15) is 0 Å². The average Bonchev–Trinajstić information content (AvgIpc) is 2.74. The van der Waals surface area contributed by atoms with Crippen LogP contribution in [0.2, 0.25) is 0 Å². The molecule has 0 nitrogen and oxygen atoms in total. The van der Waals surface area contributed by atoms with Crippen LogP contribution in [0.1, 0.15) is 13.8 Å². The van der Waals surface area contributed by atoms with Gasteiger partial charge in [-0.05, 0) is 6.92 Å². The predicted octanol–water partition coefficient (Wildman–Crippen LogP) is 3.29. The zero-order chi connectivity index (χ0) is 20.9. The van der Waals surface area contributed by atoms with E-state index in [9.17, 15) is 0 Å². The summed E-state index contributed by atoms with van der Waals surface area (Å²) in [7, 11) is 6.48. The molecule has 0 atom stereocenters. The number of rotatable bonds is 10. The summed E-state index contributed by atoms with van der Waals surface area (Å²) in [5.41, 5.74) is 7.02. The minimum atomic E-state index is 1.09. The van der Waals surface area contributed by atoms with E-state index in [4.69, 9.17) is 0 Å². The summed E-state index contributed by atoms with van der Waals surface area (Å²) in [4.78, 5) is 0. The van der Waals surface area contributed by atoms with Crippen molar-refractivity contribution >= 4 is 43.7 Å². The van der Waals surface area contributed by atoms with Gasteiger partial charge >= 0.3 is 0 Å². The Bertz CT molecular complexity index is 911. The van der Waals surface area contributed by atoms with E-state index in [2.05, 4.69) is 103 Å². The van der Waals surface area contributed by atoms with Crippen molar-refractivity contribution in [3.8, 4) is 0 Å². The largest absolute Gasteiger partial charge is 0.191 e. The van der Waals surface area contributed by atoms with E-state index in [-0.39, 0.29) is 0 Å².